The van der Waals surface area contributed by atoms with E-state index in [4.69, 9.17) is 9.26 Å². The molecule has 2 amide bonds. The van der Waals surface area contributed by atoms with Gasteiger partial charge in [-0.1, -0.05) is 5.16 Å². The van der Waals surface area contributed by atoms with Crippen LogP contribution in [-0.4, -0.2) is 65.0 Å². The first-order valence-electron chi connectivity index (χ1n) is 13.1. The van der Waals surface area contributed by atoms with Crippen LogP contribution in [0.5, 0.6) is 5.75 Å². The maximum atomic E-state index is 13.6. The second-order valence-electron chi connectivity index (χ2n) is 11.1. The minimum atomic E-state index is -0.0967. The number of rotatable bonds is 6. The van der Waals surface area contributed by atoms with E-state index in [0.717, 1.165) is 48.3 Å². The van der Waals surface area contributed by atoms with Crippen molar-refractivity contribution in [2.24, 2.45) is 23.2 Å². The number of benzene rings is 1. The summed E-state index contributed by atoms with van der Waals surface area (Å²) in [5.74, 6) is 4.49. The minimum absolute atomic E-state index is 0.0797. The van der Waals surface area contributed by atoms with Crippen molar-refractivity contribution in [3.63, 3.8) is 0 Å². The van der Waals surface area contributed by atoms with E-state index in [2.05, 4.69) is 15.0 Å². The molecule has 186 valence electrons. The number of nitrogens with zero attached hydrogens (tertiary/aromatic N) is 4. The lowest BCUT2D eigenvalue weighted by Crippen LogP contribution is -2.58. The number of aromatic nitrogens is 2. The predicted octanol–water partition coefficient (Wildman–Crippen LogP) is 3.57. The molecule has 0 radical (unpaired) electrons. The Kier molecular flexibility index (Phi) is 5.77. The van der Waals surface area contributed by atoms with E-state index in [9.17, 15) is 9.59 Å². The van der Waals surface area contributed by atoms with Gasteiger partial charge < -0.3 is 19.1 Å². The number of carbonyl (C=O) groups is 2. The fourth-order valence-corrected chi connectivity index (χ4v) is 7.45. The standard InChI is InChI=1S/C27H34N4O4/c1-34-22-4-2-21(3-5-22)25-28-23(35-29-25)6-7-24(32)30-8-10-31(11-9-30)26(33)27-15-18-12-19(16-27)14-20(13-18)17-27/h2-5,18-20H,6-17H2,1H3. The highest BCUT2D eigenvalue weighted by Gasteiger charge is 2.55. The van der Waals surface area contributed by atoms with Crippen LogP contribution in [0.15, 0.2) is 28.8 Å². The van der Waals surface area contributed by atoms with Crippen molar-refractivity contribution in [2.75, 3.05) is 33.3 Å². The minimum Gasteiger partial charge on any atom is -0.497 e. The Labute approximate surface area is 206 Å². The van der Waals surface area contributed by atoms with Crippen LogP contribution in [0.3, 0.4) is 0 Å². The molecule has 1 aliphatic heterocycles. The molecular weight excluding hydrogens is 444 g/mol. The van der Waals surface area contributed by atoms with Crippen LogP contribution in [0.4, 0.5) is 0 Å². The summed E-state index contributed by atoms with van der Waals surface area (Å²) in [7, 11) is 1.62. The van der Waals surface area contributed by atoms with Crippen molar-refractivity contribution in [3.05, 3.63) is 30.2 Å². The molecular formula is C27H34N4O4. The molecule has 2 aromatic rings. The van der Waals surface area contributed by atoms with Gasteiger partial charge in [0.2, 0.25) is 23.5 Å². The molecule has 4 aliphatic carbocycles. The molecule has 2 heterocycles. The van der Waals surface area contributed by atoms with E-state index < -0.39 is 0 Å². The molecule has 5 aliphatic rings. The third-order valence-corrected chi connectivity index (χ3v) is 8.78. The lowest BCUT2D eigenvalue weighted by molar-refractivity contribution is -0.160. The Hall–Kier alpha value is -2.90. The molecule has 8 nitrogen and oxygen atoms in total. The van der Waals surface area contributed by atoms with Crippen LogP contribution in [-0.2, 0) is 16.0 Å². The fraction of sp³-hybridized carbons (Fsp3) is 0.630. The van der Waals surface area contributed by atoms with Gasteiger partial charge in [-0.15, -0.1) is 0 Å². The van der Waals surface area contributed by atoms with E-state index in [1.54, 1.807) is 7.11 Å². The molecule has 7 rings (SSSR count). The summed E-state index contributed by atoms with van der Waals surface area (Å²) in [4.78, 5) is 34.8. The molecule has 4 saturated carbocycles. The molecule has 1 aromatic heterocycles. The average molecular weight is 479 g/mol. The number of carbonyl (C=O) groups excluding carboxylic acids is 2. The van der Waals surface area contributed by atoms with Crippen LogP contribution in [0.2, 0.25) is 0 Å². The van der Waals surface area contributed by atoms with Crippen LogP contribution >= 0.6 is 0 Å². The van der Waals surface area contributed by atoms with Gasteiger partial charge in [0.05, 0.1) is 12.5 Å². The molecule has 0 unspecified atom stereocenters. The van der Waals surface area contributed by atoms with E-state index in [0.29, 0.717) is 56.6 Å². The summed E-state index contributed by atoms with van der Waals surface area (Å²) in [6, 6.07) is 7.45. The normalized spacial score (nSPS) is 29.5. The maximum Gasteiger partial charge on any atom is 0.228 e. The second kappa shape index (κ2) is 8.95. The molecule has 35 heavy (non-hydrogen) atoms. The molecule has 4 bridgehead atoms. The molecule has 1 saturated heterocycles. The molecule has 0 N–H and O–H groups in total. The highest BCUT2D eigenvalue weighted by atomic mass is 16.5. The van der Waals surface area contributed by atoms with Crippen LogP contribution in [0.1, 0.15) is 50.8 Å². The summed E-state index contributed by atoms with van der Waals surface area (Å²) in [5.41, 5.74) is 0.743. The summed E-state index contributed by atoms with van der Waals surface area (Å²) >= 11 is 0. The molecule has 0 spiro atoms. The smallest absolute Gasteiger partial charge is 0.228 e. The first-order valence-corrected chi connectivity index (χ1v) is 13.1. The quantitative estimate of drug-likeness (QED) is 0.631. The zero-order chi connectivity index (χ0) is 24.0. The summed E-state index contributed by atoms with van der Waals surface area (Å²) < 4.78 is 10.5. The van der Waals surface area contributed by atoms with Crippen molar-refractivity contribution < 1.29 is 18.8 Å². The Balaban J connectivity index is 0.997. The van der Waals surface area contributed by atoms with Crippen molar-refractivity contribution in [1.82, 2.24) is 19.9 Å². The van der Waals surface area contributed by atoms with E-state index in [1.807, 2.05) is 29.2 Å². The number of hydrogen-bond donors (Lipinski definition) is 0. The van der Waals surface area contributed by atoms with Gasteiger partial charge >= 0.3 is 0 Å². The molecule has 0 atom stereocenters. The lowest BCUT2D eigenvalue weighted by atomic mass is 9.49. The topological polar surface area (TPSA) is 88.8 Å². The molecule has 1 aromatic carbocycles. The molecule has 5 fully saturated rings. The highest BCUT2D eigenvalue weighted by molar-refractivity contribution is 5.84. The van der Waals surface area contributed by atoms with Gasteiger partial charge in [-0.3, -0.25) is 9.59 Å². The number of piperazine rings is 1. The Morgan fingerprint density at radius 1 is 0.971 bits per heavy atom. The number of ether oxygens (including phenoxy) is 1. The van der Waals surface area contributed by atoms with Crippen molar-refractivity contribution >= 4 is 11.8 Å². The fourth-order valence-electron chi connectivity index (χ4n) is 7.45. The van der Waals surface area contributed by atoms with Gasteiger partial charge in [-0.2, -0.15) is 4.98 Å². The highest BCUT2D eigenvalue weighted by Crippen LogP contribution is 2.60. The average Bonchev–Trinajstić information content (AvgIpc) is 3.35. The number of aryl methyl sites for hydroxylation is 1. The number of methoxy groups -OCH3 is 1. The summed E-state index contributed by atoms with van der Waals surface area (Å²) in [6.45, 7) is 2.51. The number of hydrogen-bond acceptors (Lipinski definition) is 6. The van der Waals surface area contributed by atoms with Gasteiger partial charge in [0.15, 0.2) is 0 Å². The third kappa shape index (κ3) is 4.32. The van der Waals surface area contributed by atoms with E-state index in [1.165, 1.54) is 19.3 Å². The van der Waals surface area contributed by atoms with Crippen LogP contribution in [0, 0.1) is 23.2 Å². The van der Waals surface area contributed by atoms with E-state index in [-0.39, 0.29) is 11.3 Å². The van der Waals surface area contributed by atoms with Crippen molar-refractivity contribution in [3.8, 4) is 17.1 Å². The monoisotopic (exact) mass is 478 g/mol. The van der Waals surface area contributed by atoms with Gasteiger partial charge in [0.25, 0.3) is 0 Å². The summed E-state index contributed by atoms with van der Waals surface area (Å²) in [6.07, 6.45) is 8.06. The SMILES string of the molecule is COc1ccc(-c2noc(CCC(=O)N3CCN(C(=O)C45CC6CC(CC(C6)C4)C5)CC3)n2)cc1. The Bertz CT molecular complexity index is 1050. The Morgan fingerprint density at radius 2 is 1.57 bits per heavy atom. The number of amides is 2. The zero-order valence-electron chi connectivity index (χ0n) is 20.4. The van der Waals surface area contributed by atoms with Crippen LogP contribution < -0.4 is 4.74 Å². The van der Waals surface area contributed by atoms with Gasteiger partial charge in [-0.25, -0.2) is 0 Å². The largest absolute Gasteiger partial charge is 0.497 e. The first-order chi connectivity index (χ1) is 17.0. The van der Waals surface area contributed by atoms with Crippen molar-refractivity contribution in [2.45, 2.75) is 51.4 Å². The van der Waals surface area contributed by atoms with Gasteiger partial charge in [0, 0.05) is 44.6 Å². The summed E-state index contributed by atoms with van der Waals surface area (Å²) in [5, 5.41) is 4.04. The Morgan fingerprint density at radius 3 is 2.17 bits per heavy atom. The van der Waals surface area contributed by atoms with Gasteiger partial charge in [-0.05, 0) is 80.5 Å². The second-order valence-corrected chi connectivity index (χ2v) is 11.1. The first kappa shape index (κ1) is 22.6. The van der Waals surface area contributed by atoms with Crippen LogP contribution in [0.25, 0.3) is 11.4 Å². The maximum absolute atomic E-state index is 13.6. The van der Waals surface area contributed by atoms with E-state index >= 15 is 0 Å². The predicted molar refractivity (Wildman–Crippen MR) is 128 cm³/mol. The lowest BCUT2D eigenvalue weighted by Gasteiger charge is -2.57. The molecule has 8 heteroatoms. The zero-order valence-corrected chi connectivity index (χ0v) is 20.4. The third-order valence-electron chi connectivity index (χ3n) is 8.78. The van der Waals surface area contributed by atoms with Gasteiger partial charge in [0.1, 0.15) is 5.75 Å². The van der Waals surface area contributed by atoms with Crippen molar-refractivity contribution in [1.29, 1.82) is 0 Å².